The van der Waals surface area contributed by atoms with E-state index in [0.717, 1.165) is 31.7 Å². The zero-order valence-electron chi connectivity index (χ0n) is 13.2. The summed E-state index contributed by atoms with van der Waals surface area (Å²) in [6.45, 7) is 4.19. The van der Waals surface area contributed by atoms with Crippen LogP contribution < -0.4 is 9.64 Å². The first kappa shape index (κ1) is 15.0. The van der Waals surface area contributed by atoms with Gasteiger partial charge in [0.25, 0.3) is 5.91 Å². The Bertz CT molecular complexity index is 814. The molecular weight excluding hydrogens is 310 g/mol. The molecule has 1 amide bonds. The first-order chi connectivity index (χ1) is 11.8. The second kappa shape index (κ2) is 6.51. The highest BCUT2D eigenvalue weighted by molar-refractivity contribution is 6.05. The number of aromatic nitrogens is 1. The molecule has 0 radical (unpaired) electrons. The molecule has 2 aliphatic rings. The Balaban J connectivity index is 1.52. The molecular formula is C17H17N3O4. The Hall–Kier alpha value is -2.56. The molecule has 2 aromatic rings. The van der Waals surface area contributed by atoms with Gasteiger partial charge in [-0.3, -0.25) is 14.6 Å². The number of carbonyl (C=O) groups is 1. The number of nitrogens with zero attached hydrogens (tertiary/aromatic N) is 3. The Morgan fingerprint density at radius 1 is 1.17 bits per heavy atom. The normalized spacial score (nSPS) is 18.0. The molecule has 1 aromatic carbocycles. The van der Waals surface area contributed by atoms with Crippen LogP contribution in [0, 0.1) is 11.8 Å². The van der Waals surface area contributed by atoms with Crippen molar-refractivity contribution in [1.29, 1.82) is 0 Å². The van der Waals surface area contributed by atoms with Crippen LogP contribution in [0.25, 0.3) is 11.0 Å². The molecule has 7 heteroatoms. The lowest BCUT2D eigenvalue weighted by atomic mass is 10.2. The van der Waals surface area contributed by atoms with Gasteiger partial charge in [0.05, 0.1) is 26.3 Å². The zero-order chi connectivity index (χ0) is 16.4. The summed E-state index contributed by atoms with van der Waals surface area (Å²) in [4.78, 5) is 16.1. The van der Waals surface area contributed by atoms with E-state index in [1.54, 1.807) is 6.07 Å². The summed E-state index contributed by atoms with van der Waals surface area (Å²) in [5.41, 5.74) is 0.600. The average Bonchev–Trinajstić information content (AvgIpc) is 2.99. The third kappa shape index (κ3) is 2.82. The molecule has 0 atom stereocenters. The van der Waals surface area contributed by atoms with Gasteiger partial charge in [0.15, 0.2) is 18.0 Å². The van der Waals surface area contributed by atoms with Crippen molar-refractivity contribution in [2.45, 2.75) is 0 Å². The summed E-state index contributed by atoms with van der Waals surface area (Å²) in [6.07, 6.45) is 0. The number of ether oxygens (including phenoxy) is 2. The molecule has 0 saturated carbocycles. The summed E-state index contributed by atoms with van der Waals surface area (Å²) in [5.74, 6) is 7.09. The maximum Gasteiger partial charge on any atom is 0.267 e. The van der Waals surface area contributed by atoms with E-state index < -0.39 is 0 Å². The van der Waals surface area contributed by atoms with E-state index in [1.165, 1.54) is 4.90 Å². The average molecular weight is 327 g/mol. The number of hydrogen-bond donors (Lipinski definition) is 0. The Labute approximate surface area is 139 Å². The van der Waals surface area contributed by atoms with E-state index in [-0.39, 0.29) is 19.1 Å². The maximum atomic E-state index is 12.3. The number of benzene rings is 1. The van der Waals surface area contributed by atoms with Gasteiger partial charge in [0.2, 0.25) is 0 Å². The van der Waals surface area contributed by atoms with Crippen LogP contribution in [-0.4, -0.2) is 62.0 Å². The van der Waals surface area contributed by atoms with Gasteiger partial charge in [0.1, 0.15) is 11.1 Å². The van der Waals surface area contributed by atoms with Crippen LogP contribution >= 0.6 is 0 Å². The number of morpholine rings is 1. The van der Waals surface area contributed by atoms with Crippen LogP contribution in [0.5, 0.6) is 5.75 Å². The summed E-state index contributed by atoms with van der Waals surface area (Å²) >= 11 is 0. The van der Waals surface area contributed by atoms with Crippen LogP contribution in [-0.2, 0) is 9.53 Å². The van der Waals surface area contributed by atoms with Gasteiger partial charge in [-0.05, 0) is 12.1 Å². The lowest BCUT2D eigenvalue weighted by Gasteiger charge is -2.24. The van der Waals surface area contributed by atoms with E-state index in [4.69, 9.17) is 14.0 Å². The largest absolute Gasteiger partial charge is 0.483 e. The summed E-state index contributed by atoms with van der Waals surface area (Å²) in [7, 11) is 0. The Morgan fingerprint density at radius 2 is 2.00 bits per heavy atom. The molecule has 1 fully saturated rings. The molecule has 0 bridgehead atoms. The van der Waals surface area contributed by atoms with Crippen molar-refractivity contribution in [3.8, 4) is 17.6 Å². The molecule has 3 heterocycles. The van der Waals surface area contributed by atoms with Gasteiger partial charge in [-0.2, -0.15) is 0 Å². The zero-order valence-corrected chi connectivity index (χ0v) is 13.2. The number of carbonyl (C=O) groups excluding carboxylic acids is 1. The van der Waals surface area contributed by atoms with Crippen LogP contribution in [0.15, 0.2) is 22.7 Å². The van der Waals surface area contributed by atoms with E-state index in [2.05, 4.69) is 21.9 Å². The van der Waals surface area contributed by atoms with Crippen molar-refractivity contribution in [3.05, 3.63) is 18.2 Å². The van der Waals surface area contributed by atoms with Crippen molar-refractivity contribution in [1.82, 2.24) is 10.1 Å². The summed E-state index contributed by atoms with van der Waals surface area (Å²) in [6, 6.07) is 5.43. The molecule has 1 aromatic heterocycles. The van der Waals surface area contributed by atoms with Crippen molar-refractivity contribution in [3.63, 3.8) is 0 Å². The molecule has 24 heavy (non-hydrogen) atoms. The quantitative estimate of drug-likeness (QED) is 0.763. The highest BCUT2D eigenvalue weighted by Crippen LogP contribution is 2.35. The van der Waals surface area contributed by atoms with E-state index in [0.29, 0.717) is 23.7 Å². The SMILES string of the molecule is O=C1COc2cccc3onc(c23)N1CC#CCN1CCOCC1. The van der Waals surface area contributed by atoms with Gasteiger partial charge < -0.3 is 14.0 Å². The standard InChI is InChI=1S/C17H17N3O4/c21-15-12-23-13-4-3-5-14-16(13)17(18-24-14)20(15)7-2-1-6-19-8-10-22-11-9-19/h3-5H,6-12H2. The van der Waals surface area contributed by atoms with Crippen molar-refractivity contribution >= 4 is 22.7 Å². The van der Waals surface area contributed by atoms with Gasteiger partial charge in [-0.25, -0.2) is 0 Å². The highest BCUT2D eigenvalue weighted by Gasteiger charge is 2.27. The minimum atomic E-state index is -0.179. The van der Waals surface area contributed by atoms with Crippen molar-refractivity contribution in [2.75, 3.05) is 50.9 Å². The number of hydrogen-bond acceptors (Lipinski definition) is 6. The van der Waals surface area contributed by atoms with Gasteiger partial charge in [-0.15, -0.1) is 0 Å². The Kier molecular flexibility index (Phi) is 4.07. The number of amides is 1. The maximum absolute atomic E-state index is 12.3. The van der Waals surface area contributed by atoms with Crippen LogP contribution in [0.4, 0.5) is 5.82 Å². The van der Waals surface area contributed by atoms with Gasteiger partial charge in [-0.1, -0.05) is 23.1 Å². The fourth-order valence-corrected chi connectivity index (χ4v) is 2.81. The second-order valence-corrected chi connectivity index (χ2v) is 5.65. The van der Waals surface area contributed by atoms with Crippen molar-refractivity contribution in [2.24, 2.45) is 0 Å². The predicted molar refractivity (Wildman–Crippen MR) is 86.9 cm³/mol. The molecule has 4 rings (SSSR count). The van der Waals surface area contributed by atoms with Crippen LogP contribution in [0.3, 0.4) is 0 Å². The van der Waals surface area contributed by atoms with Crippen LogP contribution in [0.1, 0.15) is 0 Å². The van der Waals surface area contributed by atoms with Crippen LogP contribution in [0.2, 0.25) is 0 Å². The lowest BCUT2D eigenvalue weighted by molar-refractivity contribution is -0.120. The molecule has 0 N–H and O–H groups in total. The van der Waals surface area contributed by atoms with Crippen molar-refractivity contribution < 1.29 is 18.8 Å². The highest BCUT2D eigenvalue weighted by atomic mass is 16.5. The molecule has 0 spiro atoms. The van der Waals surface area contributed by atoms with Gasteiger partial charge >= 0.3 is 0 Å². The monoisotopic (exact) mass is 327 g/mol. The third-order valence-corrected chi connectivity index (χ3v) is 4.12. The minimum absolute atomic E-state index is 0.0272. The minimum Gasteiger partial charge on any atom is -0.483 e. The number of anilines is 1. The van der Waals surface area contributed by atoms with Gasteiger partial charge in [0, 0.05) is 13.1 Å². The molecule has 1 saturated heterocycles. The second-order valence-electron chi connectivity index (χ2n) is 5.65. The predicted octanol–water partition coefficient (Wildman–Crippen LogP) is 0.889. The summed E-state index contributed by atoms with van der Waals surface area (Å²) in [5, 5.41) is 4.76. The molecule has 124 valence electrons. The fourth-order valence-electron chi connectivity index (χ4n) is 2.81. The number of rotatable bonds is 2. The molecule has 0 aliphatic carbocycles. The van der Waals surface area contributed by atoms with E-state index in [1.807, 2.05) is 12.1 Å². The fraction of sp³-hybridized carbons (Fsp3) is 0.412. The summed E-state index contributed by atoms with van der Waals surface area (Å²) < 4.78 is 16.2. The molecule has 0 unspecified atom stereocenters. The topological polar surface area (TPSA) is 68.0 Å². The smallest absolute Gasteiger partial charge is 0.267 e. The Morgan fingerprint density at radius 3 is 2.88 bits per heavy atom. The lowest BCUT2D eigenvalue weighted by Crippen LogP contribution is -2.36. The van der Waals surface area contributed by atoms with E-state index >= 15 is 0 Å². The van der Waals surface area contributed by atoms with E-state index in [9.17, 15) is 4.79 Å². The first-order valence-electron chi connectivity index (χ1n) is 7.90. The first-order valence-corrected chi connectivity index (χ1v) is 7.90. The molecule has 7 nitrogen and oxygen atoms in total. The third-order valence-electron chi connectivity index (χ3n) is 4.12. The molecule has 2 aliphatic heterocycles.